The first kappa shape index (κ1) is 8.73. The molecule has 0 bridgehead atoms. The number of nitrogens with two attached hydrogens (primary N) is 1. The zero-order chi connectivity index (χ0) is 9.10. The quantitative estimate of drug-likeness (QED) is 0.726. The van der Waals surface area contributed by atoms with Crippen molar-refractivity contribution in [1.29, 1.82) is 0 Å². The summed E-state index contributed by atoms with van der Waals surface area (Å²) in [6.07, 6.45) is 2.26. The normalized spacial score (nSPS) is 21.2. The first-order chi connectivity index (χ1) is 6.42. The van der Waals surface area contributed by atoms with Crippen LogP contribution >= 0.6 is 0 Å². The van der Waals surface area contributed by atoms with Gasteiger partial charge >= 0.3 is 0 Å². The maximum atomic E-state index is 5.57. The molecule has 2 rings (SSSR count). The second-order valence-electron chi connectivity index (χ2n) is 3.53. The summed E-state index contributed by atoms with van der Waals surface area (Å²) in [5.74, 6) is 0. The molecule has 0 saturated carbocycles. The second kappa shape index (κ2) is 3.90. The highest BCUT2D eigenvalue weighted by atomic mass is 15.0. The summed E-state index contributed by atoms with van der Waals surface area (Å²) in [5, 5.41) is 3.42. The van der Waals surface area contributed by atoms with E-state index >= 15 is 0 Å². The average molecular weight is 176 g/mol. The van der Waals surface area contributed by atoms with Crippen molar-refractivity contribution in [1.82, 2.24) is 5.32 Å². The third-order valence-electron chi connectivity index (χ3n) is 2.67. The summed E-state index contributed by atoms with van der Waals surface area (Å²) < 4.78 is 0. The van der Waals surface area contributed by atoms with Gasteiger partial charge in [-0.3, -0.25) is 0 Å². The minimum absolute atomic E-state index is 0.586. The zero-order valence-corrected chi connectivity index (χ0v) is 7.79. The van der Waals surface area contributed by atoms with Crippen LogP contribution in [-0.2, 0) is 6.42 Å². The van der Waals surface area contributed by atoms with Crippen molar-refractivity contribution in [2.45, 2.75) is 18.9 Å². The van der Waals surface area contributed by atoms with Gasteiger partial charge in [-0.2, -0.15) is 0 Å². The monoisotopic (exact) mass is 176 g/mol. The molecular weight excluding hydrogens is 160 g/mol. The molecular formula is C11H16N2. The van der Waals surface area contributed by atoms with Gasteiger partial charge in [0.05, 0.1) is 0 Å². The van der Waals surface area contributed by atoms with Crippen LogP contribution in [0.3, 0.4) is 0 Å². The molecule has 1 fully saturated rings. The molecule has 0 amide bonds. The van der Waals surface area contributed by atoms with Gasteiger partial charge in [0.15, 0.2) is 0 Å². The fourth-order valence-electron chi connectivity index (χ4n) is 1.81. The van der Waals surface area contributed by atoms with Crippen LogP contribution in [0.1, 0.15) is 23.6 Å². The van der Waals surface area contributed by atoms with Crippen LogP contribution in [0.25, 0.3) is 0 Å². The van der Waals surface area contributed by atoms with Gasteiger partial charge < -0.3 is 11.1 Å². The molecule has 2 nitrogen and oxygen atoms in total. The van der Waals surface area contributed by atoms with E-state index in [0.29, 0.717) is 6.04 Å². The van der Waals surface area contributed by atoms with Crippen LogP contribution in [0, 0.1) is 0 Å². The van der Waals surface area contributed by atoms with E-state index in [9.17, 15) is 0 Å². The SMILES string of the molecule is NCCc1ccccc1C1CCN1. The molecule has 3 N–H and O–H groups in total. The minimum atomic E-state index is 0.586. The van der Waals surface area contributed by atoms with Gasteiger partial charge in [0.1, 0.15) is 0 Å². The van der Waals surface area contributed by atoms with Crippen molar-refractivity contribution in [2.75, 3.05) is 13.1 Å². The van der Waals surface area contributed by atoms with E-state index in [1.54, 1.807) is 0 Å². The lowest BCUT2D eigenvalue weighted by atomic mass is 9.92. The van der Waals surface area contributed by atoms with Gasteiger partial charge in [0, 0.05) is 6.04 Å². The molecule has 1 aliphatic rings. The smallest absolute Gasteiger partial charge is 0.0335 e. The first-order valence-electron chi connectivity index (χ1n) is 4.93. The third-order valence-corrected chi connectivity index (χ3v) is 2.67. The predicted molar refractivity (Wildman–Crippen MR) is 54.6 cm³/mol. The van der Waals surface area contributed by atoms with Crippen LogP contribution in [0.15, 0.2) is 24.3 Å². The lowest BCUT2D eigenvalue weighted by molar-refractivity contribution is 0.381. The molecule has 1 heterocycles. The van der Waals surface area contributed by atoms with Crippen molar-refractivity contribution in [3.8, 4) is 0 Å². The zero-order valence-electron chi connectivity index (χ0n) is 7.79. The molecule has 2 heteroatoms. The summed E-state index contributed by atoms with van der Waals surface area (Å²) in [7, 11) is 0. The number of hydrogen-bond donors (Lipinski definition) is 2. The molecule has 13 heavy (non-hydrogen) atoms. The molecule has 1 aliphatic heterocycles. The summed E-state index contributed by atoms with van der Waals surface area (Å²) in [6.45, 7) is 1.89. The van der Waals surface area contributed by atoms with Gasteiger partial charge in [-0.15, -0.1) is 0 Å². The second-order valence-corrected chi connectivity index (χ2v) is 3.53. The fraction of sp³-hybridized carbons (Fsp3) is 0.455. The first-order valence-corrected chi connectivity index (χ1v) is 4.93. The van der Waals surface area contributed by atoms with Gasteiger partial charge in [-0.25, -0.2) is 0 Å². The van der Waals surface area contributed by atoms with Crippen molar-refractivity contribution >= 4 is 0 Å². The van der Waals surface area contributed by atoms with E-state index in [-0.39, 0.29) is 0 Å². The summed E-state index contributed by atoms with van der Waals surface area (Å²) in [6, 6.07) is 9.18. The Bertz CT molecular complexity index is 279. The molecule has 1 aromatic carbocycles. The van der Waals surface area contributed by atoms with Crippen LogP contribution in [-0.4, -0.2) is 13.1 Å². The maximum absolute atomic E-state index is 5.57. The molecule has 1 unspecified atom stereocenters. The van der Waals surface area contributed by atoms with E-state index < -0.39 is 0 Å². The molecule has 0 spiro atoms. The van der Waals surface area contributed by atoms with Crippen LogP contribution in [0.5, 0.6) is 0 Å². The van der Waals surface area contributed by atoms with Gasteiger partial charge in [-0.1, -0.05) is 24.3 Å². The Morgan fingerprint density at radius 2 is 2.15 bits per heavy atom. The van der Waals surface area contributed by atoms with E-state index in [1.807, 2.05) is 0 Å². The number of benzene rings is 1. The van der Waals surface area contributed by atoms with Crippen LogP contribution in [0.2, 0.25) is 0 Å². The average Bonchev–Trinajstić information content (AvgIpc) is 2.05. The topological polar surface area (TPSA) is 38.0 Å². The molecule has 0 aliphatic carbocycles. The molecule has 0 radical (unpaired) electrons. The number of hydrogen-bond acceptors (Lipinski definition) is 2. The Hall–Kier alpha value is -0.860. The minimum Gasteiger partial charge on any atom is -0.330 e. The number of rotatable bonds is 3. The Morgan fingerprint density at radius 1 is 1.38 bits per heavy atom. The van der Waals surface area contributed by atoms with E-state index in [4.69, 9.17) is 5.73 Å². The third kappa shape index (κ3) is 1.74. The van der Waals surface area contributed by atoms with Crippen molar-refractivity contribution in [2.24, 2.45) is 5.73 Å². The molecule has 0 aromatic heterocycles. The largest absolute Gasteiger partial charge is 0.330 e. The fourth-order valence-corrected chi connectivity index (χ4v) is 1.81. The Kier molecular flexibility index (Phi) is 2.62. The van der Waals surface area contributed by atoms with E-state index in [2.05, 4.69) is 29.6 Å². The van der Waals surface area contributed by atoms with E-state index in [1.165, 1.54) is 17.5 Å². The van der Waals surface area contributed by atoms with E-state index in [0.717, 1.165) is 19.5 Å². The Morgan fingerprint density at radius 3 is 2.77 bits per heavy atom. The molecule has 1 saturated heterocycles. The maximum Gasteiger partial charge on any atom is 0.0335 e. The lowest BCUT2D eigenvalue weighted by Gasteiger charge is -2.29. The van der Waals surface area contributed by atoms with Crippen molar-refractivity contribution < 1.29 is 0 Å². The summed E-state index contributed by atoms with van der Waals surface area (Å²) in [4.78, 5) is 0. The molecule has 1 atom stereocenters. The van der Waals surface area contributed by atoms with Crippen LogP contribution in [0.4, 0.5) is 0 Å². The van der Waals surface area contributed by atoms with Crippen LogP contribution < -0.4 is 11.1 Å². The summed E-state index contributed by atoms with van der Waals surface area (Å²) >= 11 is 0. The summed E-state index contributed by atoms with van der Waals surface area (Å²) in [5.41, 5.74) is 8.42. The Labute approximate surface area is 79.1 Å². The van der Waals surface area contributed by atoms with Crippen molar-refractivity contribution in [3.05, 3.63) is 35.4 Å². The van der Waals surface area contributed by atoms with Gasteiger partial charge in [0.25, 0.3) is 0 Å². The Balaban J connectivity index is 2.20. The molecule has 1 aromatic rings. The highest BCUT2D eigenvalue weighted by Crippen LogP contribution is 2.25. The molecule has 70 valence electrons. The van der Waals surface area contributed by atoms with Crippen molar-refractivity contribution in [3.63, 3.8) is 0 Å². The van der Waals surface area contributed by atoms with Gasteiger partial charge in [-0.05, 0) is 37.1 Å². The lowest BCUT2D eigenvalue weighted by Crippen LogP contribution is -2.35. The highest BCUT2D eigenvalue weighted by molar-refractivity contribution is 5.31. The predicted octanol–water partition coefficient (Wildman–Crippen LogP) is 1.22. The number of nitrogens with one attached hydrogen (secondary N) is 1. The highest BCUT2D eigenvalue weighted by Gasteiger charge is 2.20. The van der Waals surface area contributed by atoms with Gasteiger partial charge in [0.2, 0.25) is 0 Å². The standard InChI is InChI=1S/C11H16N2/c12-7-5-9-3-1-2-4-10(9)11-6-8-13-11/h1-4,11,13H,5-8,12H2.